The average Bonchev–Trinajstić information content (AvgIpc) is 3.17. The van der Waals surface area contributed by atoms with Crippen LogP contribution in [0.1, 0.15) is 27.1 Å². The first-order valence-electron chi connectivity index (χ1n) is 8.68. The van der Waals surface area contributed by atoms with Crippen molar-refractivity contribution in [1.29, 1.82) is 0 Å². The molecule has 2 unspecified atom stereocenters. The van der Waals surface area contributed by atoms with Gasteiger partial charge in [0.1, 0.15) is 12.1 Å². The van der Waals surface area contributed by atoms with Gasteiger partial charge in [-0.25, -0.2) is 4.39 Å². The maximum absolute atomic E-state index is 12.9. The molecule has 1 aliphatic rings. The van der Waals surface area contributed by atoms with Gasteiger partial charge in [0.15, 0.2) is 0 Å². The summed E-state index contributed by atoms with van der Waals surface area (Å²) in [4.78, 5) is 35.3. The third-order valence-electron chi connectivity index (χ3n) is 4.50. The topological polar surface area (TPSA) is 87.3 Å². The van der Waals surface area contributed by atoms with Gasteiger partial charge in [0.05, 0.1) is 5.92 Å². The summed E-state index contributed by atoms with van der Waals surface area (Å²) in [6, 6.07) is 12.1. The highest BCUT2D eigenvalue weighted by Gasteiger charge is 2.29. The summed E-state index contributed by atoms with van der Waals surface area (Å²) in [5.74, 6) is -0.985. The molecule has 140 valence electrons. The van der Waals surface area contributed by atoms with Gasteiger partial charge in [-0.2, -0.15) is 0 Å². The Labute approximate surface area is 156 Å². The Kier molecular flexibility index (Phi) is 5.93. The van der Waals surface area contributed by atoms with Crippen LogP contribution in [-0.4, -0.2) is 37.2 Å². The van der Waals surface area contributed by atoms with Crippen molar-refractivity contribution in [3.63, 3.8) is 0 Å². The minimum atomic E-state index is -0.356. The van der Waals surface area contributed by atoms with Crippen LogP contribution in [0.3, 0.4) is 0 Å². The third kappa shape index (κ3) is 4.98. The van der Waals surface area contributed by atoms with Gasteiger partial charge in [0.25, 0.3) is 5.91 Å². The first kappa shape index (κ1) is 18.7. The molecule has 1 fully saturated rings. The molecular weight excluding hydrogens is 349 g/mol. The van der Waals surface area contributed by atoms with Crippen molar-refractivity contribution < 1.29 is 18.8 Å². The standard InChI is InChI=1S/C20H20FN3O3/c21-16-4-6-17(7-5-16)24-20(27)15-9-18(22-10-15)11-23-19(26)14-3-1-2-13(8-14)12-25/h1-8,12,15,18,22H,9-11H2,(H,23,26)(H,24,27). The van der Waals surface area contributed by atoms with Crippen molar-refractivity contribution >= 4 is 23.8 Å². The number of carbonyl (C=O) groups is 3. The molecule has 0 bridgehead atoms. The smallest absolute Gasteiger partial charge is 0.251 e. The van der Waals surface area contributed by atoms with Crippen LogP contribution < -0.4 is 16.0 Å². The highest BCUT2D eigenvalue weighted by molar-refractivity contribution is 5.96. The van der Waals surface area contributed by atoms with E-state index in [2.05, 4.69) is 16.0 Å². The number of hydrogen-bond donors (Lipinski definition) is 3. The SMILES string of the molecule is O=Cc1cccc(C(=O)NCC2CC(C(=O)Nc3ccc(F)cc3)CN2)c1. The summed E-state index contributed by atoms with van der Waals surface area (Å²) < 4.78 is 12.9. The molecule has 0 aliphatic carbocycles. The molecule has 2 aromatic carbocycles. The first-order valence-corrected chi connectivity index (χ1v) is 8.68. The fourth-order valence-corrected chi connectivity index (χ4v) is 3.02. The third-order valence-corrected chi connectivity index (χ3v) is 4.50. The van der Waals surface area contributed by atoms with Crippen LogP contribution in [0.2, 0.25) is 0 Å². The van der Waals surface area contributed by atoms with Gasteiger partial charge < -0.3 is 16.0 Å². The van der Waals surface area contributed by atoms with Crippen LogP contribution in [0.25, 0.3) is 0 Å². The Bertz CT molecular complexity index is 839. The molecule has 2 amide bonds. The maximum atomic E-state index is 12.9. The lowest BCUT2D eigenvalue weighted by atomic mass is 10.0. The molecule has 3 rings (SSSR count). The zero-order chi connectivity index (χ0) is 19.2. The van der Waals surface area contributed by atoms with Crippen LogP contribution >= 0.6 is 0 Å². The lowest BCUT2D eigenvalue weighted by molar-refractivity contribution is -0.119. The average molecular weight is 369 g/mol. The Morgan fingerprint density at radius 1 is 1.19 bits per heavy atom. The highest BCUT2D eigenvalue weighted by Crippen LogP contribution is 2.17. The number of anilines is 1. The predicted molar refractivity (Wildman–Crippen MR) is 99.1 cm³/mol. The molecule has 6 nitrogen and oxygen atoms in total. The first-order chi connectivity index (χ1) is 13.0. The number of nitrogens with one attached hydrogen (secondary N) is 3. The fourth-order valence-electron chi connectivity index (χ4n) is 3.02. The van der Waals surface area contributed by atoms with E-state index in [0.29, 0.717) is 42.6 Å². The molecule has 0 spiro atoms. The second-order valence-corrected chi connectivity index (χ2v) is 6.49. The molecule has 0 saturated carbocycles. The van der Waals surface area contributed by atoms with Crippen molar-refractivity contribution in [2.45, 2.75) is 12.5 Å². The van der Waals surface area contributed by atoms with E-state index in [1.807, 2.05) is 0 Å². The number of rotatable bonds is 6. The number of amides is 2. The normalized spacial score (nSPS) is 18.7. The van der Waals surface area contributed by atoms with Crippen LogP contribution in [0.4, 0.5) is 10.1 Å². The molecule has 2 atom stereocenters. The minimum Gasteiger partial charge on any atom is -0.350 e. The molecule has 3 N–H and O–H groups in total. The van der Waals surface area contributed by atoms with Gasteiger partial charge in [0, 0.05) is 35.9 Å². The molecule has 1 saturated heterocycles. The summed E-state index contributed by atoms with van der Waals surface area (Å²) in [5.41, 5.74) is 1.41. The number of aldehydes is 1. The summed E-state index contributed by atoms with van der Waals surface area (Å²) >= 11 is 0. The maximum Gasteiger partial charge on any atom is 0.251 e. The van der Waals surface area contributed by atoms with Gasteiger partial charge in [-0.15, -0.1) is 0 Å². The Hall–Kier alpha value is -3.06. The van der Waals surface area contributed by atoms with Crippen molar-refractivity contribution in [2.75, 3.05) is 18.4 Å². The van der Waals surface area contributed by atoms with Crippen molar-refractivity contribution in [1.82, 2.24) is 10.6 Å². The molecular formula is C20H20FN3O3. The molecule has 1 heterocycles. The fraction of sp³-hybridized carbons (Fsp3) is 0.250. The van der Waals surface area contributed by atoms with E-state index in [1.54, 1.807) is 18.2 Å². The van der Waals surface area contributed by atoms with Gasteiger partial charge in [-0.1, -0.05) is 12.1 Å². The molecule has 2 aromatic rings. The van der Waals surface area contributed by atoms with E-state index in [1.165, 1.54) is 30.3 Å². The van der Waals surface area contributed by atoms with E-state index in [9.17, 15) is 18.8 Å². The number of carbonyl (C=O) groups excluding carboxylic acids is 3. The van der Waals surface area contributed by atoms with Gasteiger partial charge in [-0.05, 0) is 42.8 Å². The molecule has 7 heteroatoms. The summed E-state index contributed by atoms with van der Waals surface area (Å²) in [6.07, 6.45) is 1.28. The van der Waals surface area contributed by atoms with Crippen molar-refractivity contribution in [3.05, 3.63) is 65.5 Å². The zero-order valence-corrected chi connectivity index (χ0v) is 14.6. The van der Waals surface area contributed by atoms with E-state index < -0.39 is 0 Å². The lowest BCUT2D eigenvalue weighted by Gasteiger charge is -2.12. The summed E-state index contributed by atoms with van der Waals surface area (Å²) in [6.45, 7) is 0.888. The predicted octanol–water partition coefficient (Wildman–Crippen LogP) is 1.98. The Morgan fingerprint density at radius 2 is 1.96 bits per heavy atom. The minimum absolute atomic E-state index is 0.0211. The van der Waals surface area contributed by atoms with Crippen LogP contribution in [0.5, 0.6) is 0 Å². The summed E-state index contributed by atoms with van der Waals surface area (Å²) in [5, 5.41) is 8.81. The molecule has 0 aromatic heterocycles. The Morgan fingerprint density at radius 3 is 2.70 bits per heavy atom. The van der Waals surface area contributed by atoms with Crippen LogP contribution in [0.15, 0.2) is 48.5 Å². The monoisotopic (exact) mass is 369 g/mol. The second-order valence-electron chi connectivity index (χ2n) is 6.49. The van der Waals surface area contributed by atoms with Crippen LogP contribution in [0, 0.1) is 11.7 Å². The Balaban J connectivity index is 1.47. The van der Waals surface area contributed by atoms with E-state index in [4.69, 9.17) is 0 Å². The number of halogens is 1. The van der Waals surface area contributed by atoms with Gasteiger partial charge in [-0.3, -0.25) is 14.4 Å². The number of benzene rings is 2. The largest absolute Gasteiger partial charge is 0.350 e. The van der Waals surface area contributed by atoms with Gasteiger partial charge >= 0.3 is 0 Å². The highest BCUT2D eigenvalue weighted by atomic mass is 19.1. The van der Waals surface area contributed by atoms with Gasteiger partial charge in [0.2, 0.25) is 5.91 Å². The second kappa shape index (κ2) is 8.55. The lowest BCUT2D eigenvalue weighted by Crippen LogP contribution is -2.37. The zero-order valence-electron chi connectivity index (χ0n) is 14.6. The van der Waals surface area contributed by atoms with E-state index >= 15 is 0 Å². The molecule has 0 radical (unpaired) electrons. The van der Waals surface area contributed by atoms with Crippen molar-refractivity contribution in [3.8, 4) is 0 Å². The van der Waals surface area contributed by atoms with E-state index in [-0.39, 0.29) is 29.6 Å². The van der Waals surface area contributed by atoms with Crippen LogP contribution in [-0.2, 0) is 4.79 Å². The number of hydrogen-bond acceptors (Lipinski definition) is 4. The quantitative estimate of drug-likeness (QED) is 0.680. The molecule has 1 aliphatic heterocycles. The van der Waals surface area contributed by atoms with Crippen molar-refractivity contribution in [2.24, 2.45) is 5.92 Å². The molecule has 27 heavy (non-hydrogen) atoms. The van der Waals surface area contributed by atoms with E-state index in [0.717, 1.165) is 0 Å². The summed E-state index contributed by atoms with van der Waals surface area (Å²) in [7, 11) is 0.